The predicted octanol–water partition coefficient (Wildman–Crippen LogP) is -2.24. The summed E-state index contributed by atoms with van der Waals surface area (Å²) in [5.74, 6) is -0.275. The summed E-state index contributed by atoms with van der Waals surface area (Å²) in [7, 11) is 0. The molecule has 3 fully saturated rings. The van der Waals surface area contributed by atoms with E-state index >= 15 is 0 Å². The molecule has 8 N–H and O–H groups in total. The van der Waals surface area contributed by atoms with Crippen molar-refractivity contribution in [1.82, 2.24) is 0 Å². The molecular formula is C24H42O12. The summed E-state index contributed by atoms with van der Waals surface area (Å²) in [4.78, 5) is 0. The van der Waals surface area contributed by atoms with E-state index in [0.717, 1.165) is 0 Å². The molecule has 0 aromatic rings. The first-order valence-corrected chi connectivity index (χ1v) is 12.4. The molecular weight excluding hydrogens is 480 g/mol. The fraction of sp³-hybridized carbons (Fsp3) is 0.917. The predicted molar refractivity (Wildman–Crippen MR) is 123 cm³/mol. The summed E-state index contributed by atoms with van der Waals surface area (Å²) in [6.45, 7) is 6.57. The van der Waals surface area contributed by atoms with Crippen molar-refractivity contribution < 1.29 is 59.8 Å². The summed E-state index contributed by atoms with van der Waals surface area (Å²) < 4.78 is 22.4. The second kappa shape index (κ2) is 11.6. The van der Waals surface area contributed by atoms with Crippen molar-refractivity contribution in [2.45, 2.75) is 114 Å². The Morgan fingerprint density at radius 1 is 0.972 bits per heavy atom. The maximum Gasteiger partial charge on any atom is 0.186 e. The molecule has 12 nitrogen and oxygen atoms in total. The molecule has 1 aliphatic carbocycles. The average Bonchev–Trinajstić information content (AvgIpc) is 2.80. The summed E-state index contributed by atoms with van der Waals surface area (Å²) >= 11 is 0. The molecule has 0 radical (unpaired) electrons. The highest BCUT2D eigenvalue weighted by atomic mass is 16.7. The van der Waals surface area contributed by atoms with Crippen LogP contribution in [-0.2, 0) is 18.9 Å². The molecule has 3 rings (SSSR count). The van der Waals surface area contributed by atoms with Crippen LogP contribution in [0.2, 0.25) is 0 Å². The molecule has 0 aromatic heterocycles. The smallest absolute Gasteiger partial charge is 0.186 e. The Labute approximate surface area is 210 Å². The normalized spacial score (nSPS) is 48.7. The van der Waals surface area contributed by atoms with Gasteiger partial charge in [-0.2, -0.15) is 0 Å². The van der Waals surface area contributed by atoms with Crippen LogP contribution < -0.4 is 0 Å². The molecule has 0 aromatic carbocycles. The average molecular weight is 523 g/mol. The molecule has 210 valence electrons. The largest absolute Gasteiger partial charge is 0.389 e. The fourth-order valence-electron chi connectivity index (χ4n) is 5.31. The SMILES string of the molecule is CC(O)/C=C/[C@@]1(O)[C@H](C)C[C@H](O[C@@H]2O[C@H](CO[C@@H]3OC[C@@H](O)[C@H](O)[C@H]3O)[C@@H](O)[C@H](O)[C@H]2O)CC1(C)C. The lowest BCUT2D eigenvalue weighted by molar-refractivity contribution is -0.332. The molecule has 0 amide bonds. The van der Waals surface area contributed by atoms with E-state index in [4.69, 9.17) is 18.9 Å². The van der Waals surface area contributed by atoms with E-state index in [2.05, 4.69) is 0 Å². The van der Waals surface area contributed by atoms with Crippen LogP contribution in [0, 0.1) is 11.3 Å². The van der Waals surface area contributed by atoms with Crippen LogP contribution in [-0.4, -0.2) is 127 Å². The number of rotatable bonds is 7. The van der Waals surface area contributed by atoms with E-state index in [0.29, 0.717) is 12.8 Å². The first-order chi connectivity index (χ1) is 16.7. The van der Waals surface area contributed by atoms with Crippen molar-refractivity contribution in [3.63, 3.8) is 0 Å². The van der Waals surface area contributed by atoms with Gasteiger partial charge < -0.3 is 59.8 Å². The van der Waals surface area contributed by atoms with Crippen molar-refractivity contribution in [3.8, 4) is 0 Å². The molecule has 13 atom stereocenters. The van der Waals surface area contributed by atoms with Crippen LogP contribution in [0.3, 0.4) is 0 Å². The Bertz CT molecular complexity index is 747. The molecule has 2 saturated heterocycles. The maximum absolute atomic E-state index is 11.4. The third-order valence-electron chi connectivity index (χ3n) is 7.69. The number of aliphatic hydroxyl groups excluding tert-OH is 7. The number of aliphatic hydroxyl groups is 8. The summed E-state index contributed by atoms with van der Waals surface area (Å²) in [5.41, 5.74) is -1.87. The third-order valence-corrected chi connectivity index (χ3v) is 7.69. The van der Waals surface area contributed by atoms with E-state index in [-0.39, 0.29) is 19.1 Å². The van der Waals surface area contributed by atoms with Crippen molar-refractivity contribution in [3.05, 3.63) is 12.2 Å². The van der Waals surface area contributed by atoms with Gasteiger partial charge in [0.25, 0.3) is 0 Å². The molecule has 0 bridgehead atoms. The van der Waals surface area contributed by atoms with E-state index in [1.165, 1.54) is 0 Å². The zero-order valence-corrected chi connectivity index (χ0v) is 21.1. The van der Waals surface area contributed by atoms with Crippen molar-refractivity contribution >= 4 is 0 Å². The van der Waals surface area contributed by atoms with E-state index in [1.54, 1.807) is 19.1 Å². The van der Waals surface area contributed by atoms with Crippen LogP contribution in [0.15, 0.2) is 12.2 Å². The van der Waals surface area contributed by atoms with Crippen LogP contribution in [0.5, 0.6) is 0 Å². The number of hydrogen-bond donors (Lipinski definition) is 8. The quantitative estimate of drug-likeness (QED) is 0.168. The first kappa shape index (κ1) is 29.8. The molecule has 12 heteroatoms. The third kappa shape index (κ3) is 6.11. The summed E-state index contributed by atoms with van der Waals surface area (Å²) in [6.07, 6.45) is -9.97. The van der Waals surface area contributed by atoms with Gasteiger partial charge in [-0.3, -0.25) is 0 Å². The van der Waals surface area contributed by atoms with Gasteiger partial charge in [-0.15, -0.1) is 0 Å². The summed E-state index contributed by atoms with van der Waals surface area (Å²) in [6, 6.07) is 0. The van der Waals surface area contributed by atoms with Gasteiger partial charge in [0.2, 0.25) is 0 Å². The Balaban J connectivity index is 1.64. The highest BCUT2D eigenvalue weighted by molar-refractivity contribution is 5.15. The highest BCUT2D eigenvalue weighted by Gasteiger charge is 2.53. The first-order valence-electron chi connectivity index (χ1n) is 12.4. The van der Waals surface area contributed by atoms with Crippen LogP contribution in [0.4, 0.5) is 0 Å². The Morgan fingerprint density at radius 3 is 2.22 bits per heavy atom. The minimum atomic E-state index is -1.61. The molecule has 36 heavy (non-hydrogen) atoms. The Kier molecular flexibility index (Phi) is 9.57. The molecule has 1 saturated carbocycles. The van der Waals surface area contributed by atoms with E-state index < -0.39 is 78.5 Å². The molecule has 0 spiro atoms. The number of hydrogen-bond acceptors (Lipinski definition) is 12. The van der Waals surface area contributed by atoms with Gasteiger partial charge in [-0.1, -0.05) is 32.9 Å². The highest BCUT2D eigenvalue weighted by Crippen LogP contribution is 2.49. The standard InChI is InChI=1S/C24H42O12/c1-11-7-13(8-23(3,4)24(11,32)6-5-12(2)25)35-22-20(31)18(29)17(28)15(36-22)10-34-21-19(30)16(27)14(26)9-33-21/h5-6,11-22,25-32H,7-10H2,1-4H3/b6-5+/t11-,12?,13+,14-,15-,16+,17-,18+,19-,20-,21+,22-,24-/m1/s1. The lowest BCUT2D eigenvalue weighted by Crippen LogP contribution is -2.62. The van der Waals surface area contributed by atoms with Gasteiger partial charge in [0.05, 0.1) is 31.0 Å². The van der Waals surface area contributed by atoms with Gasteiger partial charge in [-0.25, -0.2) is 0 Å². The fourth-order valence-corrected chi connectivity index (χ4v) is 5.31. The van der Waals surface area contributed by atoms with Gasteiger partial charge in [0.1, 0.15) is 42.7 Å². The van der Waals surface area contributed by atoms with Crippen molar-refractivity contribution in [2.75, 3.05) is 13.2 Å². The minimum Gasteiger partial charge on any atom is -0.389 e. The van der Waals surface area contributed by atoms with E-state index in [1.807, 2.05) is 20.8 Å². The number of ether oxygens (including phenoxy) is 4. The monoisotopic (exact) mass is 522 g/mol. The minimum absolute atomic E-state index is 0.265. The molecule has 1 unspecified atom stereocenters. The molecule has 2 aliphatic heterocycles. The second-order valence-corrected chi connectivity index (χ2v) is 11.0. The van der Waals surface area contributed by atoms with Gasteiger partial charge in [0.15, 0.2) is 12.6 Å². The topological polar surface area (TPSA) is 199 Å². The zero-order valence-electron chi connectivity index (χ0n) is 21.1. The van der Waals surface area contributed by atoms with Crippen molar-refractivity contribution in [2.24, 2.45) is 11.3 Å². The Morgan fingerprint density at radius 2 is 1.61 bits per heavy atom. The molecule has 3 aliphatic rings. The molecule has 2 heterocycles. The lowest BCUT2D eigenvalue weighted by atomic mass is 9.59. The van der Waals surface area contributed by atoms with Crippen molar-refractivity contribution in [1.29, 1.82) is 0 Å². The lowest BCUT2D eigenvalue weighted by Gasteiger charge is -2.52. The van der Waals surface area contributed by atoms with Crippen LogP contribution in [0.25, 0.3) is 0 Å². The van der Waals surface area contributed by atoms with E-state index in [9.17, 15) is 40.9 Å². The van der Waals surface area contributed by atoms with Crippen LogP contribution in [0.1, 0.15) is 40.5 Å². The van der Waals surface area contributed by atoms with Gasteiger partial charge in [0, 0.05) is 0 Å². The summed E-state index contributed by atoms with van der Waals surface area (Å²) in [5, 5.41) is 81.7. The maximum atomic E-state index is 11.4. The second-order valence-electron chi connectivity index (χ2n) is 11.0. The van der Waals surface area contributed by atoms with Gasteiger partial charge in [-0.05, 0) is 31.1 Å². The Hall–Kier alpha value is -0.740. The van der Waals surface area contributed by atoms with Crippen LogP contribution >= 0.6 is 0 Å². The zero-order chi connectivity index (χ0) is 27.0. The van der Waals surface area contributed by atoms with Gasteiger partial charge >= 0.3 is 0 Å².